The van der Waals surface area contributed by atoms with Gasteiger partial charge in [0.1, 0.15) is 6.61 Å². The SMILES string of the molecule is CCN1CCN(C(=O)N(Cc2ccc(C(=O)CO)cc2)c2ccc(-c3ccc(Cl)c(C(F)(F)F)c3)cc2)CC1. The number of aliphatic hydroxyl groups is 1. The molecule has 1 heterocycles. The summed E-state index contributed by atoms with van der Waals surface area (Å²) in [6.45, 7) is 5.32. The van der Waals surface area contributed by atoms with Crippen molar-refractivity contribution in [3.05, 3.63) is 88.4 Å². The highest BCUT2D eigenvalue weighted by molar-refractivity contribution is 6.31. The molecule has 4 rings (SSSR count). The van der Waals surface area contributed by atoms with Gasteiger partial charge in [-0.2, -0.15) is 13.2 Å². The summed E-state index contributed by atoms with van der Waals surface area (Å²) in [4.78, 5) is 31.1. The summed E-state index contributed by atoms with van der Waals surface area (Å²) in [5, 5.41) is 8.74. The number of alkyl halides is 3. The third-order valence-electron chi connectivity index (χ3n) is 6.87. The van der Waals surface area contributed by atoms with E-state index in [1.54, 1.807) is 58.3 Å². The number of piperazine rings is 1. The fraction of sp³-hybridized carbons (Fsp3) is 0.310. The maximum absolute atomic E-state index is 13.7. The Bertz CT molecular complexity index is 1310. The van der Waals surface area contributed by atoms with E-state index in [-0.39, 0.29) is 17.6 Å². The molecule has 206 valence electrons. The predicted molar refractivity (Wildman–Crippen MR) is 145 cm³/mol. The van der Waals surface area contributed by atoms with Crippen molar-refractivity contribution >= 4 is 29.1 Å². The topological polar surface area (TPSA) is 64.1 Å². The molecule has 0 bridgehead atoms. The van der Waals surface area contributed by atoms with Crippen LogP contribution in [-0.4, -0.2) is 66.1 Å². The lowest BCUT2D eigenvalue weighted by atomic mass is 10.0. The maximum atomic E-state index is 13.7. The molecule has 0 spiro atoms. The summed E-state index contributed by atoms with van der Waals surface area (Å²) >= 11 is 5.77. The van der Waals surface area contributed by atoms with Crippen molar-refractivity contribution in [3.8, 4) is 11.1 Å². The molecule has 6 nitrogen and oxygen atoms in total. The van der Waals surface area contributed by atoms with E-state index in [9.17, 15) is 22.8 Å². The number of hydrogen-bond donors (Lipinski definition) is 1. The second kappa shape index (κ2) is 12.2. The molecule has 1 saturated heterocycles. The van der Waals surface area contributed by atoms with E-state index in [2.05, 4.69) is 11.8 Å². The molecule has 0 radical (unpaired) electrons. The minimum atomic E-state index is -4.57. The average Bonchev–Trinajstić information content (AvgIpc) is 2.95. The molecule has 39 heavy (non-hydrogen) atoms. The summed E-state index contributed by atoms with van der Waals surface area (Å²) in [7, 11) is 0. The minimum absolute atomic E-state index is 0.181. The van der Waals surface area contributed by atoms with Gasteiger partial charge in [-0.05, 0) is 47.5 Å². The summed E-state index contributed by atoms with van der Waals surface area (Å²) < 4.78 is 40.1. The zero-order valence-corrected chi connectivity index (χ0v) is 22.2. The molecule has 3 aromatic rings. The predicted octanol–water partition coefficient (Wildman–Crippen LogP) is 5.96. The summed E-state index contributed by atoms with van der Waals surface area (Å²) in [5.74, 6) is -0.394. The lowest BCUT2D eigenvalue weighted by molar-refractivity contribution is -0.137. The first-order valence-corrected chi connectivity index (χ1v) is 13.0. The van der Waals surface area contributed by atoms with Crippen LogP contribution in [0.15, 0.2) is 66.7 Å². The van der Waals surface area contributed by atoms with Gasteiger partial charge in [0.25, 0.3) is 0 Å². The van der Waals surface area contributed by atoms with Crippen LogP contribution in [0.25, 0.3) is 11.1 Å². The van der Waals surface area contributed by atoms with Crippen molar-refractivity contribution in [2.45, 2.75) is 19.6 Å². The number of hydrogen-bond acceptors (Lipinski definition) is 4. The molecular weight excluding hydrogens is 531 g/mol. The number of anilines is 1. The van der Waals surface area contributed by atoms with Gasteiger partial charge >= 0.3 is 12.2 Å². The Morgan fingerprint density at radius 2 is 1.54 bits per heavy atom. The Morgan fingerprint density at radius 3 is 2.10 bits per heavy atom. The van der Waals surface area contributed by atoms with Crippen LogP contribution < -0.4 is 4.90 Å². The molecule has 2 amide bonds. The third-order valence-corrected chi connectivity index (χ3v) is 7.19. The second-order valence-electron chi connectivity index (χ2n) is 9.31. The first kappa shape index (κ1) is 28.6. The van der Waals surface area contributed by atoms with Crippen LogP contribution in [0.5, 0.6) is 0 Å². The van der Waals surface area contributed by atoms with Gasteiger partial charge in [-0.25, -0.2) is 4.79 Å². The van der Waals surface area contributed by atoms with E-state index in [0.717, 1.165) is 31.3 Å². The summed E-state index contributed by atoms with van der Waals surface area (Å²) in [6, 6.07) is 17.1. The maximum Gasteiger partial charge on any atom is 0.417 e. The number of likely N-dealkylation sites (N-methyl/N-ethyl adjacent to an activating group) is 1. The number of nitrogens with zero attached hydrogens (tertiary/aromatic N) is 3. The number of carbonyl (C=O) groups excluding carboxylic acids is 2. The minimum Gasteiger partial charge on any atom is -0.388 e. The molecule has 1 aliphatic rings. The van der Waals surface area contributed by atoms with E-state index in [4.69, 9.17) is 16.7 Å². The zero-order chi connectivity index (χ0) is 28.2. The Hall–Kier alpha value is -3.40. The molecule has 0 atom stereocenters. The quantitative estimate of drug-likeness (QED) is 0.363. The Balaban J connectivity index is 1.62. The van der Waals surface area contributed by atoms with Crippen molar-refractivity contribution < 1.29 is 27.9 Å². The van der Waals surface area contributed by atoms with Crippen molar-refractivity contribution in [2.75, 3.05) is 44.2 Å². The number of ketones is 1. The fourth-order valence-corrected chi connectivity index (χ4v) is 4.75. The van der Waals surface area contributed by atoms with E-state index in [1.807, 2.05) is 0 Å². The molecule has 1 aliphatic heterocycles. The fourth-order valence-electron chi connectivity index (χ4n) is 4.52. The van der Waals surface area contributed by atoms with Gasteiger partial charge in [0.2, 0.25) is 0 Å². The number of halogens is 4. The Labute approximate surface area is 230 Å². The second-order valence-corrected chi connectivity index (χ2v) is 9.71. The van der Waals surface area contributed by atoms with E-state index in [0.29, 0.717) is 35.5 Å². The molecule has 0 unspecified atom stereocenters. The third kappa shape index (κ3) is 6.79. The van der Waals surface area contributed by atoms with Crippen LogP contribution in [0.4, 0.5) is 23.7 Å². The zero-order valence-electron chi connectivity index (χ0n) is 21.4. The normalized spacial score (nSPS) is 14.4. The molecule has 3 aromatic carbocycles. The molecule has 1 N–H and O–H groups in total. The lowest BCUT2D eigenvalue weighted by Crippen LogP contribution is -2.52. The van der Waals surface area contributed by atoms with Gasteiger partial charge in [-0.3, -0.25) is 9.69 Å². The van der Waals surface area contributed by atoms with Gasteiger partial charge in [0.15, 0.2) is 5.78 Å². The van der Waals surface area contributed by atoms with E-state index >= 15 is 0 Å². The van der Waals surface area contributed by atoms with Crippen LogP contribution in [0, 0.1) is 0 Å². The van der Waals surface area contributed by atoms with Crippen molar-refractivity contribution in [3.63, 3.8) is 0 Å². The van der Waals surface area contributed by atoms with Gasteiger partial charge in [-0.15, -0.1) is 0 Å². The number of amides is 2. The number of Topliss-reactive ketones (excluding diaryl/α,β-unsaturated/α-hetero) is 1. The smallest absolute Gasteiger partial charge is 0.388 e. The van der Waals surface area contributed by atoms with Crippen LogP contribution in [0.1, 0.15) is 28.4 Å². The largest absolute Gasteiger partial charge is 0.417 e. The van der Waals surface area contributed by atoms with E-state index in [1.165, 1.54) is 12.1 Å². The molecular formula is C29H29ClF3N3O3. The van der Waals surface area contributed by atoms with Crippen LogP contribution >= 0.6 is 11.6 Å². The number of carbonyl (C=O) groups is 2. The Morgan fingerprint density at radius 1 is 0.923 bits per heavy atom. The van der Waals surface area contributed by atoms with Crippen LogP contribution in [0.3, 0.4) is 0 Å². The molecule has 0 aliphatic carbocycles. The Kier molecular flexibility index (Phi) is 8.94. The molecule has 10 heteroatoms. The van der Waals surface area contributed by atoms with Gasteiger partial charge in [-0.1, -0.05) is 61.0 Å². The van der Waals surface area contributed by atoms with Crippen LogP contribution in [-0.2, 0) is 12.7 Å². The highest BCUT2D eigenvalue weighted by atomic mass is 35.5. The number of benzene rings is 3. The number of aliphatic hydroxyl groups excluding tert-OH is 1. The monoisotopic (exact) mass is 559 g/mol. The molecule has 0 aromatic heterocycles. The number of urea groups is 1. The highest BCUT2D eigenvalue weighted by Crippen LogP contribution is 2.37. The summed E-state index contributed by atoms with van der Waals surface area (Å²) in [6.07, 6.45) is -4.57. The van der Waals surface area contributed by atoms with Gasteiger partial charge < -0.3 is 14.9 Å². The van der Waals surface area contributed by atoms with Crippen molar-refractivity contribution in [2.24, 2.45) is 0 Å². The standard InChI is InChI=1S/C29H29ClF3N3O3/c1-2-34-13-15-35(16-14-34)28(39)36(18-20-3-5-22(6-4-20)27(38)19-37)24-10-7-21(8-11-24)23-9-12-26(30)25(17-23)29(31,32)33/h3-12,17,37H,2,13-16,18-19H2,1H3. The molecule has 0 saturated carbocycles. The highest BCUT2D eigenvalue weighted by Gasteiger charge is 2.33. The number of rotatable bonds is 7. The lowest BCUT2D eigenvalue weighted by Gasteiger charge is -2.37. The van der Waals surface area contributed by atoms with Gasteiger partial charge in [0.05, 0.1) is 17.1 Å². The average molecular weight is 560 g/mol. The summed E-state index contributed by atoms with van der Waals surface area (Å²) in [5.41, 5.74) is 1.74. The van der Waals surface area contributed by atoms with Crippen molar-refractivity contribution in [1.29, 1.82) is 0 Å². The van der Waals surface area contributed by atoms with Gasteiger partial charge in [0, 0.05) is 37.4 Å². The van der Waals surface area contributed by atoms with E-state index < -0.39 is 24.1 Å². The van der Waals surface area contributed by atoms with Crippen molar-refractivity contribution in [1.82, 2.24) is 9.80 Å². The van der Waals surface area contributed by atoms with Crippen LogP contribution in [0.2, 0.25) is 5.02 Å². The molecule has 1 fully saturated rings. The first-order valence-electron chi connectivity index (χ1n) is 12.6. The first-order chi connectivity index (χ1) is 18.6.